The van der Waals surface area contributed by atoms with Gasteiger partial charge in [0.25, 0.3) is 0 Å². The van der Waals surface area contributed by atoms with Crippen LogP contribution in [0.4, 0.5) is 0 Å². The van der Waals surface area contributed by atoms with Crippen LogP contribution < -0.4 is 0 Å². The fourth-order valence-corrected chi connectivity index (χ4v) is 1.90. The van der Waals surface area contributed by atoms with E-state index in [0.717, 1.165) is 24.3 Å². The zero-order valence-electron chi connectivity index (χ0n) is 8.32. The standard InChI is InChI=1S/C9H13N3O2/c1-3-12-4-6-7(5-12)10-11(2)8(6)9(13)14/h3-5H2,1-2H3,(H,13,14). The van der Waals surface area contributed by atoms with Crippen LogP contribution in [-0.4, -0.2) is 32.3 Å². The second-order valence-electron chi connectivity index (χ2n) is 3.51. The average molecular weight is 195 g/mol. The van der Waals surface area contributed by atoms with Crippen LogP contribution in [0.1, 0.15) is 28.7 Å². The highest BCUT2D eigenvalue weighted by molar-refractivity contribution is 5.87. The molecule has 0 unspecified atom stereocenters. The number of rotatable bonds is 2. The Hall–Kier alpha value is -1.36. The monoisotopic (exact) mass is 195 g/mol. The van der Waals surface area contributed by atoms with Crippen molar-refractivity contribution in [3.05, 3.63) is 17.0 Å². The van der Waals surface area contributed by atoms with Crippen molar-refractivity contribution in [1.29, 1.82) is 0 Å². The summed E-state index contributed by atoms with van der Waals surface area (Å²) in [6, 6.07) is 0. The van der Waals surface area contributed by atoms with Gasteiger partial charge in [0.05, 0.1) is 5.69 Å². The van der Waals surface area contributed by atoms with E-state index in [-0.39, 0.29) is 0 Å². The molecule has 1 aliphatic rings. The van der Waals surface area contributed by atoms with Gasteiger partial charge in [0.15, 0.2) is 5.69 Å². The molecule has 0 aliphatic carbocycles. The van der Waals surface area contributed by atoms with Crippen molar-refractivity contribution in [1.82, 2.24) is 14.7 Å². The third-order valence-corrected chi connectivity index (χ3v) is 2.63. The summed E-state index contributed by atoms with van der Waals surface area (Å²) in [5, 5.41) is 13.2. The lowest BCUT2D eigenvalue weighted by Gasteiger charge is -2.11. The SMILES string of the molecule is CCN1Cc2nn(C)c(C(=O)O)c2C1. The maximum atomic E-state index is 11.0. The summed E-state index contributed by atoms with van der Waals surface area (Å²) < 4.78 is 1.46. The van der Waals surface area contributed by atoms with E-state index in [4.69, 9.17) is 5.11 Å². The summed E-state index contributed by atoms with van der Waals surface area (Å²) in [6.07, 6.45) is 0. The number of aromatic carboxylic acids is 1. The predicted molar refractivity (Wildman–Crippen MR) is 50.0 cm³/mol. The summed E-state index contributed by atoms with van der Waals surface area (Å²) in [6.45, 7) is 4.47. The molecule has 1 aliphatic heterocycles. The maximum Gasteiger partial charge on any atom is 0.354 e. The van der Waals surface area contributed by atoms with Gasteiger partial charge in [-0.1, -0.05) is 6.92 Å². The van der Waals surface area contributed by atoms with Gasteiger partial charge in [-0.15, -0.1) is 0 Å². The average Bonchev–Trinajstić information content (AvgIpc) is 2.58. The topological polar surface area (TPSA) is 58.4 Å². The molecule has 0 spiro atoms. The first-order chi connectivity index (χ1) is 6.63. The maximum absolute atomic E-state index is 11.0. The highest BCUT2D eigenvalue weighted by Gasteiger charge is 2.28. The van der Waals surface area contributed by atoms with Crippen molar-refractivity contribution in [3.8, 4) is 0 Å². The molecule has 1 N–H and O–H groups in total. The van der Waals surface area contributed by atoms with Gasteiger partial charge in [0, 0.05) is 25.7 Å². The molecule has 0 fully saturated rings. The molecule has 2 heterocycles. The molecule has 0 saturated carbocycles. The molecule has 2 rings (SSSR count). The first-order valence-electron chi connectivity index (χ1n) is 4.64. The van der Waals surface area contributed by atoms with Crippen LogP contribution in [0.25, 0.3) is 0 Å². The Labute approximate surface area is 81.9 Å². The smallest absolute Gasteiger partial charge is 0.354 e. The molecule has 0 saturated heterocycles. The number of nitrogens with zero attached hydrogens (tertiary/aromatic N) is 3. The van der Waals surface area contributed by atoms with Gasteiger partial charge in [-0.3, -0.25) is 9.58 Å². The van der Waals surface area contributed by atoms with E-state index < -0.39 is 5.97 Å². The van der Waals surface area contributed by atoms with Crippen molar-refractivity contribution in [2.24, 2.45) is 7.05 Å². The Morgan fingerprint density at radius 1 is 1.57 bits per heavy atom. The van der Waals surface area contributed by atoms with Gasteiger partial charge in [0.2, 0.25) is 0 Å². The van der Waals surface area contributed by atoms with Gasteiger partial charge < -0.3 is 5.11 Å². The lowest BCUT2D eigenvalue weighted by atomic mass is 10.2. The minimum absolute atomic E-state index is 0.330. The Balaban J connectivity index is 2.41. The van der Waals surface area contributed by atoms with Crippen molar-refractivity contribution in [2.75, 3.05) is 6.54 Å². The van der Waals surface area contributed by atoms with Crippen LogP contribution in [0, 0.1) is 0 Å². The zero-order valence-corrected chi connectivity index (χ0v) is 8.32. The van der Waals surface area contributed by atoms with Crippen LogP contribution in [-0.2, 0) is 20.1 Å². The summed E-state index contributed by atoms with van der Waals surface area (Å²) in [4.78, 5) is 13.1. The predicted octanol–water partition coefficient (Wildman–Crippen LogP) is 0.454. The Morgan fingerprint density at radius 3 is 2.86 bits per heavy atom. The van der Waals surface area contributed by atoms with E-state index in [2.05, 4.69) is 16.9 Å². The third-order valence-electron chi connectivity index (χ3n) is 2.63. The molecule has 5 heteroatoms. The van der Waals surface area contributed by atoms with E-state index in [1.54, 1.807) is 7.05 Å². The summed E-state index contributed by atoms with van der Waals surface area (Å²) in [5.74, 6) is -0.890. The van der Waals surface area contributed by atoms with Crippen LogP contribution in [0.15, 0.2) is 0 Å². The van der Waals surface area contributed by atoms with Crippen LogP contribution in [0.3, 0.4) is 0 Å². The number of hydrogen-bond acceptors (Lipinski definition) is 3. The molecule has 0 aromatic carbocycles. The molecule has 0 bridgehead atoms. The number of carbonyl (C=O) groups is 1. The molecule has 1 aromatic rings. The molecule has 5 nitrogen and oxygen atoms in total. The number of carboxylic acids is 1. The van der Waals surface area contributed by atoms with Gasteiger partial charge >= 0.3 is 5.97 Å². The number of fused-ring (bicyclic) bond motifs is 1. The van der Waals surface area contributed by atoms with E-state index in [1.807, 2.05) is 0 Å². The minimum Gasteiger partial charge on any atom is -0.477 e. The van der Waals surface area contributed by atoms with Crippen molar-refractivity contribution < 1.29 is 9.90 Å². The molecular weight excluding hydrogens is 182 g/mol. The summed E-state index contributed by atoms with van der Waals surface area (Å²) in [7, 11) is 1.68. The molecular formula is C9H13N3O2. The molecule has 0 radical (unpaired) electrons. The van der Waals surface area contributed by atoms with Gasteiger partial charge in [0.1, 0.15) is 0 Å². The first-order valence-corrected chi connectivity index (χ1v) is 4.64. The Morgan fingerprint density at radius 2 is 2.29 bits per heavy atom. The number of aryl methyl sites for hydroxylation is 1. The van der Waals surface area contributed by atoms with Gasteiger partial charge in [-0.05, 0) is 6.54 Å². The lowest BCUT2D eigenvalue weighted by molar-refractivity contribution is 0.0682. The second-order valence-corrected chi connectivity index (χ2v) is 3.51. The summed E-state index contributed by atoms with van der Waals surface area (Å²) >= 11 is 0. The highest BCUT2D eigenvalue weighted by Crippen LogP contribution is 2.24. The van der Waals surface area contributed by atoms with Crippen molar-refractivity contribution in [2.45, 2.75) is 20.0 Å². The van der Waals surface area contributed by atoms with E-state index >= 15 is 0 Å². The fourth-order valence-electron chi connectivity index (χ4n) is 1.90. The van der Waals surface area contributed by atoms with Crippen LogP contribution >= 0.6 is 0 Å². The number of hydrogen-bond donors (Lipinski definition) is 1. The largest absolute Gasteiger partial charge is 0.477 e. The molecule has 76 valence electrons. The van der Waals surface area contributed by atoms with Crippen molar-refractivity contribution >= 4 is 5.97 Å². The number of carboxylic acid groups (broad SMARTS) is 1. The third kappa shape index (κ3) is 1.21. The van der Waals surface area contributed by atoms with E-state index in [9.17, 15) is 4.79 Å². The van der Waals surface area contributed by atoms with Gasteiger partial charge in [-0.2, -0.15) is 5.10 Å². The van der Waals surface area contributed by atoms with E-state index in [1.165, 1.54) is 4.68 Å². The molecule has 14 heavy (non-hydrogen) atoms. The van der Waals surface area contributed by atoms with Crippen LogP contribution in [0.5, 0.6) is 0 Å². The minimum atomic E-state index is -0.890. The Bertz CT molecular complexity index is 384. The highest BCUT2D eigenvalue weighted by atomic mass is 16.4. The second kappa shape index (κ2) is 3.09. The molecule has 1 aromatic heterocycles. The normalized spacial score (nSPS) is 15.9. The van der Waals surface area contributed by atoms with Crippen LogP contribution in [0.2, 0.25) is 0 Å². The molecule has 0 atom stereocenters. The quantitative estimate of drug-likeness (QED) is 0.744. The summed E-state index contributed by atoms with van der Waals surface area (Å²) in [5.41, 5.74) is 2.12. The van der Waals surface area contributed by atoms with Gasteiger partial charge in [-0.25, -0.2) is 4.79 Å². The fraction of sp³-hybridized carbons (Fsp3) is 0.556. The van der Waals surface area contributed by atoms with E-state index in [0.29, 0.717) is 12.2 Å². The molecule has 0 amide bonds. The van der Waals surface area contributed by atoms with Crippen molar-refractivity contribution in [3.63, 3.8) is 0 Å². The number of aromatic nitrogens is 2. The zero-order chi connectivity index (χ0) is 10.3. The lowest BCUT2D eigenvalue weighted by Crippen LogP contribution is -2.18. The first kappa shape index (κ1) is 9.21. The Kier molecular flexibility index (Phi) is 2.03.